The molecule has 1 aromatic heterocycles. The lowest BCUT2D eigenvalue weighted by molar-refractivity contribution is 0.107. The van der Waals surface area contributed by atoms with Crippen molar-refractivity contribution in [3.05, 3.63) is 53.9 Å². The molecule has 0 spiro atoms. The normalized spacial score (nSPS) is 12.3. The van der Waals surface area contributed by atoms with Crippen LogP contribution in [-0.4, -0.2) is 37.6 Å². The van der Waals surface area contributed by atoms with E-state index in [-0.39, 0.29) is 0 Å². The van der Waals surface area contributed by atoms with Gasteiger partial charge in [-0.25, -0.2) is 0 Å². The molecule has 0 atom stereocenters. The number of methoxy groups -OCH3 is 1. The number of benzene rings is 1. The van der Waals surface area contributed by atoms with E-state index in [0.717, 1.165) is 40.4 Å². The fourth-order valence-electron chi connectivity index (χ4n) is 2.32. The molecule has 0 saturated carbocycles. The highest BCUT2D eigenvalue weighted by Crippen LogP contribution is 2.22. The summed E-state index contributed by atoms with van der Waals surface area (Å²) in [6.07, 6.45) is 4.88. The summed E-state index contributed by atoms with van der Waals surface area (Å²) in [6, 6.07) is 10.3. The second-order valence-corrected chi connectivity index (χ2v) is 5.67. The molecule has 0 aliphatic rings. The second-order valence-electron chi connectivity index (χ2n) is 5.67. The molecule has 0 unspecified atom stereocenters. The van der Waals surface area contributed by atoms with Gasteiger partial charge in [-0.3, -0.25) is 5.10 Å². The smallest absolute Gasteiger partial charge is 0.111 e. The Balaban J connectivity index is 2.08. The maximum Gasteiger partial charge on any atom is 0.111 e. The lowest BCUT2D eigenvalue weighted by atomic mass is 10.1. The van der Waals surface area contributed by atoms with Crippen molar-refractivity contribution >= 4 is 11.3 Å². The van der Waals surface area contributed by atoms with Crippen LogP contribution >= 0.6 is 0 Å². The Morgan fingerprint density at radius 2 is 1.96 bits per heavy atom. The molecule has 2 N–H and O–H groups in total. The van der Waals surface area contributed by atoms with E-state index in [0.29, 0.717) is 13.2 Å². The predicted molar refractivity (Wildman–Crippen MR) is 103 cm³/mol. The second kappa shape index (κ2) is 9.69. The third kappa shape index (κ3) is 5.50. The minimum absolute atomic E-state index is 0.568. The van der Waals surface area contributed by atoms with Crippen molar-refractivity contribution in [1.29, 1.82) is 0 Å². The summed E-state index contributed by atoms with van der Waals surface area (Å²) in [5, 5.41) is 10.6. The molecule has 0 aliphatic heterocycles. The Bertz CT molecular complexity index is 715. The van der Waals surface area contributed by atoms with Gasteiger partial charge in [0.05, 0.1) is 23.8 Å². The summed E-state index contributed by atoms with van der Waals surface area (Å²) in [7, 11) is 3.58. The van der Waals surface area contributed by atoms with E-state index in [1.807, 2.05) is 38.3 Å². The molecule has 0 saturated heterocycles. The van der Waals surface area contributed by atoms with Crippen LogP contribution in [-0.2, 0) is 9.47 Å². The molecule has 0 bridgehead atoms. The van der Waals surface area contributed by atoms with E-state index in [4.69, 9.17) is 9.47 Å². The molecule has 1 aromatic carbocycles. The van der Waals surface area contributed by atoms with Crippen molar-refractivity contribution in [2.24, 2.45) is 0 Å². The SMILES string of the molecule is CC/C(=C\C=C(/C)c1cc(-c2ccc(NC)cc2)[nH]n1)OCCOC. The molecule has 0 fully saturated rings. The minimum atomic E-state index is 0.568. The maximum absolute atomic E-state index is 5.67. The average molecular weight is 341 g/mol. The highest BCUT2D eigenvalue weighted by atomic mass is 16.5. The van der Waals surface area contributed by atoms with Crippen molar-refractivity contribution in [2.75, 3.05) is 32.7 Å². The lowest BCUT2D eigenvalue weighted by Gasteiger charge is -2.07. The molecular formula is C20H27N3O2. The topological polar surface area (TPSA) is 59.2 Å². The standard InChI is InChI=1S/C20H27N3O2/c1-5-18(25-13-12-24-4)11-6-15(2)19-14-20(23-22-19)16-7-9-17(21-3)10-8-16/h6-11,14,21H,5,12-13H2,1-4H3,(H,22,23)/b15-6+,18-11+. The average Bonchev–Trinajstić information content (AvgIpc) is 3.14. The van der Waals surface area contributed by atoms with Crippen LogP contribution in [0.5, 0.6) is 0 Å². The molecule has 2 rings (SSSR count). The number of rotatable bonds is 9. The van der Waals surface area contributed by atoms with Crippen molar-refractivity contribution in [1.82, 2.24) is 10.2 Å². The van der Waals surface area contributed by atoms with Gasteiger partial charge in [-0.2, -0.15) is 5.10 Å². The zero-order valence-electron chi connectivity index (χ0n) is 15.4. The van der Waals surface area contributed by atoms with Crippen LogP contribution in [0.1, 0.15) is 26.0 Å². The number of hydrogen-bond acceptors (Lipinski definition) is 4. The Morgan fingerprint density at radius 3 is 2.60 bits per heavy atom. The van der Waals surface area contributed by atoms with Gasteiger partial charge in [-0.05, 0) is 42.3 Å². The van der Waals surface area contributed by atoms with Crippen LogP contribution in [0.2, 0.25) is 0 Å². The number of anilines is 1. The van der Waals surface area contributed by atoms with Gasteiger partial charge in [0.15, 0.2) is 0 Å². The van der Waals surface area contributed by atoms with Crippen LogP contribution in [0.25, 0.3) is 16.8 Å². The Morgan fingerprint density at radius 1 is 1.20 bits per heavy atom. The van der Waals surface area contributed by atoms with Crippen molar-refractivity contribution in [3.63, 3.8) is 0 Å². The summed E-state index contributed by atoms with van der Waals surface area (Å²) in [5.74, 6) is 0.940. The first-order valence-corrected chi connectivity index (χ1v) is 8.51. The van der Waals surface area contributed by atoms with Crippen molar-refractivity contribution in [3.8, 4) is 11.3 Å². The maximum atomic E-state index is 5.67. The first-order valence-electron chi connectivity index (χ1n) is 8.51. The van der Waals surface area contributed by atoms with Crippen molar-refractivity contribution in [2.45, 2.75) is 20.3 Å². The molecule has 5 heteroatoms. The minimum Gasteiger partial charge on any atom is -0.496 e. The monoisotopic (exact) mass is 341 g/mol. The fraction of sp³-hybridized carbons (Fsp3) is 0.350. The number of nitrogens with zero attached hydrogens (tertiary/aromatic N) is 1. The highest BCUT2D eigenvalue weighted by molar-refractivity contribution is 5.69. The van der Waals surface area contributed by atoms with Crippen LogP contribution in [0.15, 0.2) is 48.2 Å². The lowest BCUT2D eigenvalue weighted by Crippen LogP contribution is -2.01. The number of H-pyrrole nitrogens is 1. The number of aromatic nitrogens is 2. The molecule has 0 amide bonds. The van der Waals surface area contributed by atoms with E-state index < -0.39 is 0 Å². The van der Waals surface area contributed by atoms with E-state index >= 15 is 0 Å². The van der Waals surface area contributed by atoms with Gasteiger partial charge in [-0.15, -0.1) is 0 Å². The van der Waals surface area contributed by atoms with Gasteiger partial charge >= 0.3 is 0 Å². The molecule has 5 nitrogen and oxygen atoms in total. The summed E-state index contributed by atoms with van der Waals surface area (Å²) in [6.45, 7) is 5.28. The molecule has 0 radical (unpaired) electrons. The zero-order chi connectivity index (χ0) is 18.1. The van der Waals surface area contributed by atoms with Crippen LogP contribution < -0.4 is 5.32 Å². The number of hydrogen-bond donors (Lipinski definition) is 2. The molecule has 25 heavy (non-hydrogen) atoms. The first-order chi connectivity index (χ1) is 12.2. The summed E-state index contributed by atoms with van der Waals surface area (Å²) in [5.41, 5.74) is 5.21. The summed E-state index contributed by atoms with van der Waals surface area (Å²) >= 11 is 0. The van der Waals surface area contributed by atoms with Crippen LogP contribution in [0.3, 0.4) is 0 Å². The zero-order valence-corrected chi connectivity index (χ0v) is 15.4. The van der Waals surface area contributed by atoms with E-state index in [2.05, 4.69) is 40.6 Å². The molecule has 1 heterocycles. The Labute approximate surface area is 149 Å². The third-order valence-electron chi connectivity index (χ3n) is 3.91. The number of nitrogens with one attached hydrogen (secondary N) is 2. The van der Waals surface area contributed by atoms with Gasteiger partial charge in [-0.1, -0.05) is 25.1 Å². The largest absolute Gasteiger partial charge is 0.496 e. The number of ether oxygens (including phenoxy) is 2. The fourth-order valence-corrected chi connectivity index (χ4v) is 2.32. The Kier molecular flexibility index (Phi) is 7.29. The number of allylic oxidation sites excluding steroid dienone is 4. The van der Waals surface area contributed by atoms with E-state index in [1.165, 1.54) is 0 Å². The quantitative estimate of drug-likeness (QED) is 0.401. The first kappa shape index (κ1) is 18.8. The molecule has 0 aliphatic carbocycles. The van der Waals surface area contributed by atoms with Crippen LogP contribution in [0.4, 0.5) is 5.69 Å². The molecular weight excluding hydrogens is 314 g/mol. The van der Waals surface area contributed by atoms with Crippen LogP contribution in [0, 0.1) is 0 Å². The summed E-state index contributed by atoms with van der Waals surface area (Å²) in [4.78, 5) is 0. The summed E-state index contributed by atoms with van der Waals surface area (Å²) < 4.78 is 10.7. The van der Waals surface area contributed by atoms with Gasteiger partial charge in [0, 0.05) is 26.3 Å². The van der Waals surface area contributed by atoms with Gasteiger partial charge in [0.2, 0.25) is 0 Å². The highest BCUT2D eigenvalue weighted by Gasteiger charge is 2.05. The predicted octanol–water partition coefficient (Wildman–Crippen LogP) is 4.48. The molecule has 134 valence electrons. The Hall–Kier alpha value is -2.53. The van der Waals surface area contributed by atoms with Gasteiger partial charge < -0.3 is 14.8 Å². The third-order valence-corrected chi connectivity index (χ3v) is 3.91. The van der Waals surface area contributed by atoms with Gasteiger partial charge in [0.1, 0.15) is 6.61 Å². The molecule has 2 aromatic rings. The number of aromatic amines is 1. The van der Waals surface area contributed by atoms with E-state index in [9.17, 15) is 0 Å². The van der Waals surface area contributed by atoms with Gasteiger partial charge in [0.25, 0.3) is 0 Å². The van der Waals surface area contributed by atoms with E-state index in [1.54, 1.807) is 7.11 Å². The van der Waals surface area contributed by atoms with Crippen molar-refractivity contribution < 1.29 is 9.47 Å².